The zero-order chi connectivity index (χ0) is 11.1. The third-order valence-corrected chi connectivity index (χ3v) is 1.33. The van der Waals surface area contributed by atoms with Crippen LogP contribution in [0.3, 0.4) is 0 Å². The Hall–Kier alpha value is -2.32. The highest BCUT2D eigenvalue weighted by atomic mass is 15.6. The van der Waals surface area contributed by atoms with E-state index in [0.717, 1.165) is 9.66 Å². The third-order valence-electron chi connectivity index (χ3n) is 1.33. The summed E-state index contributed by atoms with van der Waals surface area (Å²) in [4.78, 5) is 9.45. The van der Waals surface area contributed by atoms with Crippen LogP contribution in [0.15, 0.2) is 15.5 Å². The summed E-state index contributed by atoms with van der Waals surface area (Å²) < 4.78 is 0. The third kappa shape index (κ3) is 2.56. The van der Waals surface area contributed by atoms with Crippen LogP contribution in [0.25, 0.3) is 31.3 Å². The fourth-order valence-electron chi connectivity index (χ4n) is 0.829. The Balaban J connectivity index is 2.93. The standard InChI is InChI=1S/B3HN12/c4-9-8-3-14(12-10-5)1-7-2-15(3)13-11-6/h7H. The van der Waals surface area contributed by atoms with Crippen molar-refractivity contribution in [2.75, 3.05) is 0 Å². The molecule has 15 heteroatoms. The Morgan fingerprint density at radius 3 is 1.93 bits per heavy atom. The van der Waals surface area contributed by atoms with E-state index in [2.05, 4.69) is 35.3 Å². The second-order valence-corrected chi connectivity index (χ2v) is 2.09. The molecule has 1 aliphatic rings. The highest BCUT2D eigenvalue weighted by molar-refractivity contribution is 6.73. The minimum Gasteiger partial charge on any atom is -0.320 e. The molecule has 1 rings (SSSR count). The maximum atomic E-state index is 8.28. The molecule has 12 nitrogen and oxygen atoms in total. The number of nitrogens with zero attached hydrogens (tertiary/aromatic N) is 11. The smallest absolute Gasteiger partial charge is 0.320 e. The van der Waals surface area contributed by atoms with Crippen LogP contribution in [0.2, 0.25) is 0 Å². The second kappa shape index (κ2) is 5.42. The molecule has 1 aliphatic heterocycles. The van der Waals surface area contributed by atoms with Gasteiger partial charge in [0.05, 0.1) is 0 Å². The molecule has 2 radical (unpaired) electrons. The van der Waals surface area contributed by atoms with Crippen LogP contribution in [0.4, 0.5) is 0 Å². The minimum atomic E-state index is -1.07. The molecule has 0 aromatic rings. The fraction of sp³-hybridized carbons (Fsp3) is 0. The van der Waals surface area contributed by atoms with Gasteiger partial charge in [-0.05, 0) is 10.6 Å². The second-order valence-electron chi connectivity index (χ2n) is 2.09. The average molecular weight is 202 g/mol. The Bertz CT molecular complexity index is 327. The number of nitrogens with one attached hydrogen (secondary N) is 1. The predicted octanol–water partition coefficient (Wildman–Crippen LogP) is 0.00780. The van der Waals surface area contributed by atoms with E-state index < -0.39 is 7.12 Å². The molecule has 0 aromatic carbocycles. The van der Waals surface area contributed by atoms with Crippen molar-refractivity contribution in [1.82, 2.24) is 14.8 Å². The molecule has 0 aliphatic carbocycles. The van der Waals surface area contributed by atoms with Gasteiger partial charge < -0.3 is 14.8 Å². The number of rotatable bonds is 3. The van der Waals surface area contributed by atoms with Crippen molar-refractivity contribution in [3.63, 3.8) is 0 Å². The molecule has 70 valence electrons. The summed E-state index contributed by atoms with van der Waals surface area (Å²) in [5.41, 5.74) is 24.7. The molecule has 0 spiro atoms. The van der Waals surface area contributed by atoms with E-state index in [4.69, 9.17) is 16.6 Å². The van der Waals surface area contributed by atoms with Crippen LogP contribution >= 0.6 is 0 Å². The summed E-state index contributed by atoms with van der Waals surface area (Å²) >= 11 is 0. The van der Waals surface area contributed by atoms with Gasteiger partial charge in [0.25, 0.3) is 0 Å². The molecule has 0 saturated carbocycles. The predicted molar refractivity (Wildman–Crippen MR) is 51.5 cm³/mol. The van der Waals surface area contributed by atoms with Gasteiger partial charge >= 0.3 is 22.2 Å². The summed E-state index contributed by atoms with van der Waals surface area (Å²) in [5.74, 6) is 0. The molecule has 1 heterocycles. The normalized spacial score (nSPS) is 13.7. The molecule has 1 saturated heterocycles. The number of hydrogen-bond donors (Lipinski definition) is 1. The molecule has 0 atom stereocenters. The Morgan fingerprint density at radius 2 is 1.53 bits per heavy atom. The first kappa shape index (κ1) is 10.8. The van der Waals surface area contributed by atoms with Crippen LogP contribution in [0.1, 0.15) is 0 Å². The lowest BCUT2D eigenvalue weighted by Crippen LogP contribution is -2.62. The molecular weight excluding hydrogens is 201 g/mol. The SMILES string of the molecule is [N-]=[N+]=NB1N(N=[N+]=[N-])[B]N[B]N1N=[N+]=[N-]. The summed E-state index contributed by atoms with van der Waals surface area (Å²) in [6.45, 7) is 0. The van der Waals surface area contributed by atoms with E-state index in [0.29, 0.717) is 0 Å². The molecule has 1 N–H and O–H groups in total. The zero-order valence-corrected chi connectivity index (χ0v) is 7.15. The molecule has 1 fully saturated rings. The molecule has 15 heavy (non-hydrogen) atoms. The van der Waals surface area contributed by atoms with E-state index in [9.17, 15) is 0 Å². The minimum absolute atomic E-state index is 0.953. The van der Waals surface area contributed by atoms with E-state index in [1.807, 2.05) is 0 Å². The molecule has 0 bridgehead atoms. The monoisotopic (exact) mass is 202 g/mol. The first-order chi connectivity index (χ1) is 7.33. The largest absolute Gasteiger partial charge is 0.674 e. The molecule has 0 amide bonds. The number of hydrogen-bond acceptors (Lipinski definition) is 4. The first-order valence-electron chi connectivity index (χ1n) is 3.47. The number of azide groups is 3. The van der Waals surface area contributed by atoms with Gasteiger partial charge in [0, 0.05) is 4.91 Å². The average Bonchev–Trinajstić information content (AvgIpc) is 2.23. The van der Waals surface area contributed by atoms with Gasteiger partial charge in [-0.2, -0.15) is 9.82 Å². The highest BCUT2D eigenvalue weighted by Gasteiger charge is 2.45. The Kier molecular flexibility index (Phi) is 3.89. The van der Waals surface area contributed by atoms with E-state index in [1.54, 1.807) is 0 Å². The van der Waals surface area contributed by atoms with Gasteiger partial charge in [-0.1, -0.05) is 10.4 Å². The lowest BCUT2D eigenvalue weighted by atomic mass is 9.74. The van der Waals surface area contributed by atoms with Gasteiger partial charge in [-0.3, -0.25) is 0 Å². The topological polar surface area (TPSA) is 165 Å². The van der Waals surface area contributed by atoms with Gasteiger partial charge in [0.2, 0.25) is 0 Å². The van der Waals surface area contributed by atoms with Gasteiger partial charge in [-0.15, -0.1) is 11.1 Å². The Morgan fingerprint density at radius 1 is 1.00 bits per heavy atom. The van der Waals surface area contributed by atoms with E-state index in [-0.39, 0.29) is 0 Å². The van der Waals surface area contributed by atoms with Crippen LogP contribution < -0.4 is 5.14 Å². The van der Waals surface area contributed by atoms with Crippen molar-refractivity contribution >= 4 is 22.2 Å². The van der Waals surface area contributed by atoms with Crippen LogP contribution in [0.5, 0.6) is 0 Å². The van der Waals surface area contributed by atoms with Crippen molar-refractivity contribution in [2.45, 2.75) is 0 Å². The van der Waals surface area contributed by atoms with Crippen LogP contribution in [-0.4, -0.2) is 31.9 Å². The summed E-state index contributed by atoms with van der Waals surface area (Å²) in [6, 6.07) is 0. The molecular formula is HB3N12. The van der Waals surface area contributed by atoms with Crippen molar-refractivity contribution < 1.29 is 0 Å². The first-order valence-corrected chi connectivity index (χ1v) is 3.47. The van der Waals surface area contributed by atoms with Crippen molar-refractivity contribution in [3.05, 3.63) is 31.3 Å². The maximum absolute atomic E-state index is 8.28. The van der Waals surface area contributed by atoms with Crippen LogP contribution in [-0.2, 0) is 0 Å². The van der Waals surface area contributed by atoms with E-state index >= 15 is 0 Å². The van der Waals surface area contributed by atoms with Crippen LogP contribution in [0, 0.1) is 0 Å². The van der Waals surface area contributed by atoms with Gasteiger partial charge in [0.1, 0.15) is 0 Å². The molecule has 0 unspecified atom stereocenters. The van der Waals surface area contributed by atoms with Crippen molar-refractivity contribution in [1.29, 1.82) is 0 Å². The van der Waals surface area contributed by atoms with Crippen molar-refractivity contribution in [3.8, 4) is 0 Å². The maximum Gasteiger partial charge on any atom is 0.674 e. The van der Waals surface area contributed by atoms with Crippen molar-refractivity contribution in [2.24, 2.45) is 15.5 Å². The van der Waals surface area contributed by atoms with Gasteiger partial charge in [0.15, 0.2) is 0 Å². The summed E-state index contributed by atoms with van der Waals surface area (Å²) in [5, 5.41) is 12.2. The summed E-state index contributed by atoms with van der Waals surface area (Å²) in [6.07, 6.45) is 0. The highest BCUT2D eigenvalue weighted by Crippen LogP contribution is 2.06. The lowest BCUT2D eigenvalue weighted by molar-refractivity contribution is 0.558. The van der Waals surface area contributed by atoms with Gasteiger partial charge in [-0.25, -0.2) is 0 Å². The Labute approximate surface area is 84.7 Å². The van der Waals surface area contributed by atoms with E-state index in [1.165, 1.54) is 15.1 Å². The quantitative estimate of drug-likeness (QED) is 0.294. The zero-order valence-electron chi connectivity index (χ0n) is 7.15. The lowest BCUT2D eigenvalue weighted by Gasteiger charge is -2.25. The summed E-state index contributed by atoms with van der Waals surface area (Å²) in [7, 11) is 1.44. The fourth-order valence-corrected chi connectivity index (χ4v) is 0.829. The molecule has 0 aromatic heterocycles.